The molecule has 3 nitrogen and oxygen atoms in total. The van der Waals surface area contributed by atoms with Crippen LogP contribution < -0.4 is 0 Å². The molecule has 40 valence electrons. The van der Waals surface area contributed by atoms with Crippen molar-refractivity contribution < 1.29 is 0 Å². The first kappa shape index (κ1) is 6.87. The zero-order valence-corrected chi connectivity index (χ0v) is 6.08. The largest absolute Gasteiger partial charge is 0.257 e. The van der Waals surface area contributed by atoms with Crippen molar-refractivity contribution in [2.75, 3.05) is 7.05 Å². The van der Waals surface area contributed by atoms with Crippen molar-refractivity contribution in [3.05, 3.63) is 10.3 Å². The van der Waals surface area contributed by atoms with E-state index in [2.05, 4.69) is 27.8 Å². The third-order valence-electron chi connectivity index (χ3n) is 0.430. The fraction of sp³-hybridized carbons (Fsp3) is 0.333. The maximum Gasteiger partial charge on any atom is 0.0314 e. The number of hydrogen-bond donors (Lipinski definition) is 1. The van der Waals surface area contributed by atoms with E-state index >= 15 is 0 Å². The normalized spacial score (nSPS) is 9.43. The van der Waals surface area contributed by atoms with Gasteiger partial charge >= 0.3 is 0 Å². The quantitative estimate of drug-likeness (QED) is 0.422. The molecule has 0 saturated heterocycles. The maximum absolute atomic E-state index is 6.41. The van der Waals surface area contributed by atoms with Gasteiger partial charge in [-0.2, -0.15) is 5.53 Å². The van der Waals surface area contributed by atoms with E-state index in [1.807, 2.05) is 0 Å². The molecule has 0 aromatic rings. The minimum Gasteiger partial charge on any atom is -0.257 e. The lowest BCUT2D eigenvalue weighted by molar-refractivity contribution is 0.441. The Morgan fingerprint density at radius 1 is 1.86 bits per heavy atom. The van der Waals surface area contributed by atoms with E-state index in [0.717, 1.165) is 0 Å². The molecule has 0 spiro atoms. The van der Waals surface area contributed by atoms with Crippen molar-refractivity contribution in [3.8, 4) is 0 Å². The molecule has 0 radical (unpaired) electrons. The summed E-state index contributed by atoms with van der Waals surface area (Å²) >= 11 is 2.06. The van der Waals surface area contributed by atoms with E-state index in [-0.39, 0.29) is 0 Å². The summed E-state index contributed by atoms with van der Waals surface area (Å²) in [4.78, 5) is 0. The Balaban J connectivity index is 3.35. The zero-order chi connectivity index (χ0) is 5.70. The highest BCUT2D eigenvalue weighted by molar-refractivity contribution is 14.1. The number of halogens is 1. The third kappa shape index (κ3) is 3.71. The van der Waals surface area contributed by atoms with Gasteiger partial charge in [0.05, 0.1) is 0 Å². The SMILES string of the molecule is CN(/C=C\I)N=N. The van der Waals surface area contributed by atoms with Crippen molar-refractivity contribution in [1.82, 2.24) is 5.01 Å². The molecule has 0 atom stereocenters. The summed E-state index contributed by atoms with van der Waals surface area (Å²) in [6.07, 6.45) is 1.69. The Labute approximate surface area is 56.0 Å². The lowest BCUT2D eigenvalue weighted by atomic mass is 11.0. The van der Waals surface area contributed by atoms with Crippen LogP contribution in [0.1, 0.15) is 0 Å². The lowest BCUT2D eigenvalue weighted by Gasteiger charge is -1.97. The summed E-state index contributed by atoms with van der Waals surface area (Å²) < 4.78 is 1.79. The van der Waals surface area contributed by atoms with Gasteiger partial charge in [-0.1, -0.05) is 27.8 Å². The van der Waals surface area contributed by atoms with E-state index in [1.165, 1.54) is 5.01 Å². The molecule has 0 aliphatic heterocycles. The minimum atomic E-state index is 1.41. The highest BCUT2D eigenvalue weighted by Crippen LogP contribution is 1.87. The van der Waals surface area contributed by atoms with E-state index in [4.69, 9.17) is 5.53 Å². The second-order valence-corrected chi connectivity index (χ2v) is 1.67. The summed E-state index contributed by atoms with van der Waals surface area (Å²) in [5.41, 5.74) is 6.41. The van der Waals surface area contributed by atoms with E-state index < -0.39 is 0 Å². The summed E-state index contributed by atoms with van der Waals surface area (Å²) in [5.74, 6) is 0. The standard InChI is InChI=1S/C3H6IN3/c1-7(6-5)3-2-4/h2-3,5H,1H3/b3-2-,6-5?. The molecule has 0 aliphatic carbocycles. The van der Waals surface area contributed by atoms with Crippen molar-refractivity contribution in [3.63, 3.8) is 0 Å². The van der Waals surface area contributed by atoms with Crippen molar-refractivity contribution >= 4 is 22.6 Å². The molecule has 0 rings (SSSR count). The van der Waals surface area contributed by atoms with Gasteiger partial charge in [0.2, 0.25) is 0 Å². The van der Waals surface area contributed by atoms with Gasteiger partial charge in [0.25, 0.3) is 0 Å². The molecule has 0 aromatic carbocycles. The molecule has 0 heterocycles. The number of nitrogens with zero attached hydrogens (tertiary/aromatic N) is 2. The summed E-state index contributed by atoms with van der Waals surface area (Å²) in [5, 5.41) is 4.48. The average molecular weight is 211 g/mol. The number of rotatable bonds is 2. The van der Waals surface area contributed by atoms with Crippen molar-refractivity contribution in [1.29, 1.82) is 5.53 Å². The van der Waals surface area contributed by atoms with Crippen LogP contribution in [-0.2, 0) is 0 Å². The highest BCUT2D eigenvalue weighted by Gasteiger charge is 1.75. The van der Waals surface area contributed by atoms with Crippen LogP contribution in [0.5, 0.6) is 0 Å². The Morgan fingerprint density at radius 2 is 2.43 bits per heavy atom. The molecule has 0 aromatic heterocycles. The van der Waals surface area contributed by atoms with Crippen LogP contribution in [0.15, 0.2) is 15.5 Å². The highest BCUT2D eigenvalue weighted by atomic mass is 127. The molecule has 4 heteroatoms. The third-order valence-corrected chi connectivity index (χ3v) is 0.751. The van der Waals surface area contributed by atoms with Crippen molar-refractivity contribution in [2.24, 2.45) is 5.22 Å². The minimum absolute atomic E-state index is 1.41. The van der Waals surface area contributed by atoms with E-state index in [1.54, 1.807) is 17.3 Å². The molecule has 0 bridgehead atoms. The predicted molar refractivity (Wildman–Crippen MR) is 36.1 cm³/mol. The molecule has 0 amide bonds. The van der Waals surface area contributed by atoms with Crippen LogP contribution in [0, 0.1) is 5.53 Å². The van der Waals surface area contributed by atoms with Crippen LogP contribution in [-0.4, -0.2) is 12.1 Å². The van der Waals surface area contributed by atoms with Gasteiger partial charge in [-0.15, -0.1) is 0 Å². The second kappa shape index (κ2) is 4.04. The second-order valence-electron chi connectivity index (χ2n) is 0.949. The molecule has 1 N–H and O–H groups in total. The molecule has 7 heavy (non-hydrogen) atoms. The van der Waals surface area contributed by atoms with Crippen LogP contribution >= 0.6 is 22.6 Å². The van der Waals surface area contributed by atoms with Crippen LogP contribution in [0.2, 0.25) is 0 Å². The van der Waals surface area contributed by atoms with Gasteiger partial charge in [0.15, 0.2) is 0 Å². The lowest BCUT2D eigenvalue weighted by Crippen LogP contribution is -1.96. The van der Waals surface area contributed by atoms with Gasteiger partial charge < -0.3 is 0 Å². The summed E-state index contributed by atoms with van der Waals surface area (Å²) in [6, 6.07) is 0. The molecule has 0 aliphatic rings. The number of nitrogens with one attached hydrogen (secondary N) is 1. The zero-order valence-electron chi connectivity index (χ0n) is 3.93. The first-order valence-corrected chi connectivity index (χ1v) is 2.93. The first-order valence-electron chi connectivity index (χ1n) is 1.68. The van der Waals surface area contributed by atoms with E-state index in [0.29, 0.717) is 0 Å². The fourth-order valence-electron chi connectivity index (χ4n) is 0.115. The predicted octanol–water partition coefficient (Wildman–Crippen LogP) is 1.77. The molecular weight excluding hydrogens is 205 g/mol. The van der Waals surface area contributed by atoms with Gasteiger partial charge in [-0.3, -0.25) is 5.01 Å². The van der Waals surface area contributed by atoms with E-state index in [9.17, 15) is 0 Å². The smallest absolute Gasteiger partial charge is 0.0314 e. The topological polar surface area (TPSA) is 39.5 Å². The summed E-state index contributed by atoms with van der Waals surface area (Å²) in [6.45, 7) is 0. The van der Waals surface area contributed by atoms with Gasteiger partial charge in [0, 0.05) is 13.2 Å². The average Bonchev–Trinajstić information content (AvgIpc) is 1.68. The first-order chi connectivity index (χ1) is 3.31. The van der Waals surface area contributed by atoms with Crippen molar-refractivity contribution in [2.45, 2.75) is 0 Å². The molecule has 0 unspecified atom stereocenters. The van der Waals surface area contributed by atoms with Gasteiger partial charge in [0.1, 0.15) is 0 Å². The van der Waals surface area contributed by atoms with Gasteiger partial charge in [-0.25, -0.2) is 0 Å². The Morgan fingerprint density at radius 3 is 2.57 bits per heavy atom. The molecule has 0 saturated carbocycles. The Kier molecular flexibility index (Phi) is 3.97. The monoisotopic (exact) mass is 211 g/mol. The van der Waals surface area contributed by atoms with Gasteiger partial charge in [-0.05, 0) is 4.08 Å². The molecular formula is C3H6IN3. The Bertz CT molecular complexity index is 80.2. The molecule has 0 fully saturated rings. The maximum atomic E-state index is 6.41. The Hall–Kier alpha value is -0.130. The van der Waals surface area contributed by atoms with Crippen LogP contribution in [0.4, 0.5) is 0 Å². The van der Waals surface area contributed by atoms with Crippen LogP contribution in [0.25, 0.3) is 0 Å². The fourth-order valence-corrected chi connectivity index (χ4v) is 0.580. The summed E-state index contributed by atoms with van der Waals surface area (Å²) in [7, 11) is 1.70. The van der Waals surface area contributed by atoms with Crippen LogP contribution in [0.3, 0.4) is 0 Å². The number of hydrogen-bond acceptors (Lipinski definition) is 2.